The van der Waals surface area contributed by atoms with Gasteiger partial charge in [-0.15, -0.1) is 0 Å². The molecule has 4 atom stereocenters. The fraction of sp³-hybridized carbons (Fsp3) is 0.467. The van der Waals surface area contributed by atoms with Crippen molar-refractivity contribution in [2.24, 2.45) is 11.8 Å². The zero-order chi connectivity index (χ0) is 25.7. The Kier molecular flexibility index (Phi) is 8.74. The molecule has 0 N–H and O–H groups in total. The Morgan fingerprint density at radius 1 is 0.833 bits per heavy atom. The Labute approximate surface area is 210 Å². The van der Waals surface area contributed by atoms with Crippen LogP contribution in [-0.2, 0) is 4.74 Å². The second-order valence-corrected chi connectivity index (χ2v) is 9.62. The van der Waals surface area contributed by atoms with Crippen LogP contribution in [0.25, 0.3) is 0 Å². The summed E-state index contributed by atoms with van der Waals surface area (Å²) in [4.78, 5) is 0. The van der Waals surface area contributed by atoms with E-state index in [1.165, 1.54) is 18.2 Å². The van der Waals surface area contributed by atoms with Crippen LogP contribution < -0.4 is 4.74 Å². The third kappa shape index (κ3) is 5.78. The maximum atomic E-state index is 15.1. The Morgan fingerprint density at radius 2 is 1.50 bits per heavy atom. The molecule has 2 aromatic carbocycles. The highest BCUT2D eigenvalue weighted by Gasteiger charge is 2.37. The third-order valence-electron chi connectivity index (χ3n) is 7.47. The number of benzene rings is 2. The maximum Gasteiger partial charge on any atom is 0.201 e. The van der Waals surface area contributed by atoms with Crippen LogP contribution in [0.15, 0.2) is 36.4 Å². The number of allylic oxidation sites excluding steroid dienone is 1. The summed E-state index contributed by atoms with van der Waals surface area (Å²) in [5.74, 6) is 1.41. The van der Waals surface area contributed by atoms with Crippen molar-refractivity contribution < 1.29 is 27.0 Å². The third-order valence-corrected chi connectivity index (χ3v) is 7.47. The van der Waals surface area contributed by atoms with Crippen molar-refractivity contribution in [2.45, 2.75) is 64.4 Å². The van der Waals surface area contributed by atoms with Crippen molar-refractivity contribution in [1.82, 2.24) is 0 Å². The zero-order valence-corrected chi connectivity index (χ0v) is 20.8. The van der Waals surface area contributed by atoms with Gasteiger partial charge in [-0.2, -0.15) is 4.39 Å². The molecule has 2 nitrogen and oxygen atoms in total. The minimum Gasteiger partial charge on any atom is -0.486 e. The van der Waals surface area contributed by atoms with Crippen molar-refractivity contribution in [3.8, 4) is 17.6 Å². The Hall–Kier alpha value is -2.78. The summed E-state index contributed by atoms with van der Waals surface area (Å²) >= 11 is 0. The van der Waals surface area contributed by atoms with Gasteiger partial charge in [-0.25, -0.2) is 13.2 Å². The van der Waals surface area contributed by atoms with Crippen molar-refractivity contribution in [3.05, 3.63) is 76.4 Å². The van der Waals surface area contributed by atoms with Crippen LogP contribution in [0.5, 0.6) is 5.75 Å². The van der Waals surface area contributed by atoms with Gasteiger partial charge in [-0.05, 0) is 93.9 Å². The molecule has 0 radical (unpaired) electrons. The van der Waals surface area contributed by atoms with Crippen molar-refractivity contribution in [1.29, 1.82) is 0 Å². The summed E-state index contributed by atoms with van der Waals surface area (Å²) in [7, 11) is 0. The highest BCUT2D eigenvalue weighted by molar-refractivity contribution is 5.47. The van der Waals surface area contributed by atoms with E-state index in [1.807, 2.05) is 6.92 Å². The molecular formula is C30H32F4O2. The van der Waals surface area contributed by atoms with Gasteiger partial charge in [-0.3, -0.25) is 0 Å². The molecule has 0 amide bonds. The second-order valence-electron chi connectivity index (χ2n) is 9.62. The number of fused-ring (bicyclic) bond motifs is 1. The Balaban J connectivity index is 1.47. The van der Waals surface area contributed by atoms with Gasteiger partial charge in [0.1, 0.15) is 6.61 Å². The van der Waals surface area contributed by atoms with Gasteiger partial charge in [0.25, 0.3) is 0 Å². The average molecular weight is 501 g/mol. The van der Waals surface area contributed by atoms with Gasteiger partial charge in [-0.1, -0.05) is 30.1 Å². The highest BCUT2D eigenvalue weighted by Crippen LogP contribution is 2.47. The van der Waals surface area contributed by atoms with E-state index in [-0.39, 0.29) is 29.4 Å². The molecule has 0 spiro atoms. The summed E-state index contributed by atoms with van der Waals surface area (Å²) in [5.41, 5.74) is -0.0607. The molecular weight excluding hydrogens is 468 g/mol. The Morgan fingerprint density at radius 3 is 2.22 bits per heavy atom. The molecule has 192 valence electrons. The quantitative estimate of drug-likeness (QED) is 0.230. The predicted molar refractivity (Wildman–Crippen MR) is 132 cm³/mol. The molecule has 0 saturated heterocycles. The molecule has 0 bridgehead atoms. The first-order chi connectivity index (χ1) is 17.4. The standard InChI is InChI=1S/C30H32F4O2/c1-3-5-16-36-26-15-12-20(28(32)30(26)34)7-6-19-11-14-25(29(33)27(19)31)23-9-8-22-18-24(35-4-2)13-10-21(22)17-23/h3,5,11-12,14-15,21-24H,4,8-10,13,16-18H2,1-2H3. The molecule has 2 fully saturated rings. The molecule has 36 heavy (non-hydrogen) atoms. The molecule has 4 rings (SSSR count). The number of ether oxygens (including phenoxy) is 2. The van der Waals surface area contributed by atoms with Crippen LogP contribution in [0.1, 0.15) is 75.0 Å². The lowest BCUT2D eigenvalue weighted by Crippen LogP contribution is -2.34. The van der Waals surface area contributed by atoms with Crippen molar-refractivity contribution in [3.63, 3.8) is 0 Å². The summed E-state index contributed by atoms with van der Waals surface area (Å²) in [5, 5.41) is 0. The van der Waals surface area contributed by atoms with Crippen LogP contribution in [0.2, 0.25) is 0 Å². The fourth-order valence-electron chi connectivity index (χ4n) is 5.60. The lowest BCUT2D eigenvalue weighted by molar-refractivity contribution is -0.00970. The predicted octanol–water partition coefficient (Wildman–Crippen LogP) is 7.69. The van der Waals surface area contributed by atoms with Gasteiger partial charge in [0.15, 0.2) is 23.2 Å². The van der Waals surface area contributed by atoms with E-state index in [0.29, 0.717) is 23.5 Å². The first-order valence-corrected chi connectivity index (χ1v) is 12.8. The number of rotatable bonds is 6. The summed E-state index contributed by atoms with van der Waals surface area (Å²) in [6, 6.07) is 5.55. The molecule has 2 aliphatic carbocycles. The first-order valence-electron chi connectivity index (χ1n) is 12.8. The lowest BCUT2D eigenvalue weighted by Gasteiger charge is -2.42. The van der Waals surface area contributed by atoms with Gasteiger partial charge < -0.3 is 9.47 Å². The molecule has 2 aliphatic rings. The van der Waals surface area contributed by atoms with Gasteiger partial charge in [0.2, 0.25) is 5.82 Å². The van der Waals surface area contributed by atoms with Gasteiger partial charge >= 0.3 is 0 Å². The average Bonchev–Trinajstić information content (AvgIpc) is 2.88. The van der Waals surface area contributed by atoms with E-state index < -0.39 is 23.3 Å². The zero-order valence-electron chi connectivity index (χ0n) is 20.8. The van der Waals surface area contributed by atoms with Gasteiger partial charge in [0.05, 0.1) is 17.2 Å². The SMILES string of the molecule is CC=CCOc1ccc(C#Cc2ccc(C3CCC4CC(OCC)CCC4C3)c(F)c2F)c(F)c1F. The van der Waals surface area contributed by atoms with Crippen LogP contribution in [0, 0.1) is 46.9 Å². The number of hydrogen-bond donors (Lipinski definition) is 0. The van der Waals surface area contributed by atoms with Crippen LogP contribution in [0.3, 0.4) is 0 Å². The van der Waals surface area contributed by atoms with E-state index >= 15 is 4.39 Å². The van der Waals surface area contributed by atoms with E-state index in [1.54, 1.807) is 25.1 Å². The minimum absolute atomic E-state index is 0.0342. The van der Waals surface area contributed by atoms with E-state index in [2.05, 4.69) is 11.8 Å². The van der Waals surface area contributed by atoms with E-state index in [9.17, 15) is 13.2 Å². The lowest BCUT2D eigenvalue weighted by atomic mass is 9.65. The molecule has 4 unspecified atom stereocenters. The molecule has 2 saturated carbocycles. The molecule has 0 aliphatic heterocycles. The van der Waals surface area contributed by atoms with Crippen LogP contribution in [0.4, 0.5) is 17.6 Å². The van der Waals surface area contributed by atoms with Crippen molar-refractivity contribution >= 4 is 0 Å². The molecule has 6 heteroatoms. The van der Waals surface area contributed by atoms with E-state index in [4.69, 9.17) is 9.47 Å². The first kappa shape index (κ1) is 26.3. The Bertz CT molecular complexity index is 1160. The maximum absolute atomic E-state index is 15.1. The summed E-state index contributed by atoms with van der Waals surface area (Å²) < 4.78 is 69.7. The largest absolute Gasteiger partial charge is 0.486 e. The number of halogens is 4. The second kappa shape index (κ2) is 12.0. The number of hydrogen-bond acceptors (Lipinski definition) is 2. The minimum atomic E-state index is -1.19. The smallest absolute Gasteiger partial charge is 0.201 e. The normalized spacial score (nSPS) is 23.7. The fourth-order valence-corrected chi connectivity index (χ4v) is 5.60. The van der Waals surface area contributed by atoms with E-state index in [0.717, 1.165) is 45.1 Å². The highest BCUT2D eigenvalue weighted by atomic mass is 19.2. The molecule has 0 heterocycles. The monoisotopic (exact) mass is 500 g/mol. The van der Waals surface area contributed by atoms with Crippen LogP contribution in [-0.4, -0.2) is 19.3 Å². The van der Waals surface area contributed by atoms with Crippen LogP contribution >= 0.6 is 0 Å². The molecule has 2 aromatic rings. The van der Waals surface area contributed by atoms with Gasteiger partial charge in [0, 0.05) is 6.61 Å². The summed E-state index contributed by atoms with van der Waals surface area (Å²) in [6.45, 7) is 4.63. The summed E-state index contributed by atoms with van der Waals surface area (Å²) in [6.07, 6.45) is 9.48. The molecule has 0 aromatic heterocycles. The van der Waals surface area contributed by atoms with Crippen molar-refractivity contribution in [2.75, 3.05) is 13.2 Å². The topological polar surface area (TPSA) is 18.5 Å².